The molecule has 4 heteroatoms. The minimum atomic E-state index is 0.925. The first-order valence-corrected chi connectivity index (χ1v) is 12.0. The van der Waals surface area contributed by atoms with E-state index in [0.29, 0.717) is 0 Å². The van der Waals surface area contributed by atoms with Crippen LogP contribution in [-0.2, 0) is 12.8 Å². The summed E-state index contributed by atoms with van der Waals surface area (Å²) < 4.78 is 2.25. The topological polar surface area (TPSA) is 43.1 Å². The van der Waals surface area contributed by atoms with Crippen molar-refractivity contribution in [3.8, 4) is 22.3 Å². The van der Waals surface area contributed by atoms with E-state index >= 15 is 0 Å². The van der Waals surface area contributed by atoms with Gasteiger partial charge in [-0.2, -0.15) is 0 Å². The molecular weight excluding hydrogens is 428 g/mol. The smallest absolute Gasteiger partial charge is 0.146 e. The molecule has 0 amide bonds. The van der Waals surface area contributed by atoms with E-state index in [0.717, 1.165) is 40.6 Å². The maximum Gasteiger partial charge on any atom is 0.146 e. The number of hydrogen-bond acceptors (Lipinski definition) is 3. The van der Waals surface area contributed by atoms with Crippen LogP contribution in [0.4, 0.5) is 0 Å². The van der Waals surface area contributed by atoms with Gasteiger partial charge in [0.15, 0.2) is 0 Å². The van der Waals surface area contributed by atoms with Gasteiger partial charge in [0.2, 0.25) is 0 Å². The molecule has 0 radical (unpaired) electrons. The van der Waals surface area contributed by atoms with Crippen LogP contribution in [0.25, 0.3) is 60.7 Å². The highest BCUT2D eigenvalue weighted by Gasteiger charge is 2.30. The van der Waals surface area contributed by atoms with Crippen molar-refractivity contribution in [3.63, 3.8) is 0 Å². The zero-order valence-electron chi connectivity index (χ0n) is 18.8. The largest absolute Gasteiger partial charge is 0.289 e. The molecule has 35 heavy (non-hydrogen) atoms. The molecule has 3 aromatic carbocycles. The summed E-state index contributed by atoms with van der Waals surface area (Å²) in [6.07, 6.45) is 7.55. The summed E-state index contributed by atoms with van der Waals surface area (Å²) in [7, 11) is 0. The van der Waals surface area contributed by atoms with Gasteiger partial charge in [-0.15, -0.1) is 0 Å². The molecule has 2 aliphatic rings. The number of benzene rings is 3. The predicted octanol–water partition coefficient (Wildman–Crippen LogP) is 6.73. The second-order valence-electron chi connectivity index (χ2n) is 9.65. The molecule has 0 saturated heterocycles. The summed E-state index contributed by atoms with van der Waals surface area (Å²) >= 11 is 0. The van der Waals surface area contributed by atoms with Crippen LogP contribution in [0.2, 0.25) is 0 Å². The first-order chi connectivity index (χ1) is 17.4. The van der Waals surface area contributed by atoms with Crippen molar-refractivity contribution in [1.82, 2.24) is 19.4 Å². The Balaban J connectivity index is 1.41. The number of fused-ring (bicyclic) bond motifs is 16. The highest BCUT2D eigenvalue weighted by molar-refractivity contribution is 6.15. The number of aromatic nitrogens is 4. The maximum absolute atomic E-state index is 5.13. The summed E-state index contributed by atoms with van der Waals surface area (Å²) in [4.78, 5) is 14.4. The third kappa shape index (κ3) is 2.11. The lowest BCUT2D eigenvalue weighted by atomic mass is 9.96. The van der Waals surface area contributed by atoms with Gasteiger partial charge in [0.1, 0.15) is 5.65 Å². The minimum Gasteiger partial charge on any atom is -0.289 e. The molecule has 9 rings (SSSR count). The van der Waals surface area contributed by atoms with Crippen LogP contribution in [0, 0.1) is 0 Å². The number of nitrogens with zero attached hydrogens (tertiary/aromatic N) is 4. The van der Waals surface area contributed by atoms with Crippen molar-refractivity contribution in [2.24, 2.45) is 0 Å². The van der Waals surface area contributed by atoms with Crippen LogP contribution in [0.3, 0.4) is 0 Å². The van der Waals surface area contributed by atoms with Gasteiger partial charge in [-0.25, -0.2) is 4.98 Å². The van der Waals surface area contributed by atoms with Crippen LogP contribution in [0.5, 0.6) is 0 Å². The van der Waals surface area contributed by atoms with Crippen LogP contribution in [0.15, 0.2) is 85.3 Å². The molecule has 4 nitrogen and oxygen atoms in total. The number of rotatable bonds is 0. The molecule has 7 aromatic rings. The fraction of sp³-hybridized carbons (Fsp3) is 0.0645. The maximum atomic E-state index is 5.13. The molecule has 0 unspecified atom stereocenters. The van der Waals surface area contributed by atoms with Crippen LogP contribution < -0.4 is 0 Å². The van der Waals surface area contributed by atoms with Gasteiger partial charge in [-0.1, -0.05) is 48.5 Å². The Kier molecular flexibility index (Phi) is 3.11. The lowest BCUT2D eigenvalue weighted by molar-refractivity contribution is 1.17. The molecule has 0 spiro atoms. The first-order valence-electron chi connectivity index (χ1n) is 12.0. The van der Waals surface area contributed by atoms with Crippen molar-refractivity contribution in [2.75, 3.05) is 0 Å². The van der Waals surface area contributed by atoms with Gasteiger partial charge >= 0.3 is 0 Å². The number of pyridine rings is 3. The molecule has 162 valence electrons. The van der Waals surface area contributed by atoms with E-state index in [1.54, 1.807) is 0 Å². The zero-order valence-corrected chi connectivity index (χ0v) is 18.8. The summed E-state index contributed by atoms with van der Waals surface area (Å²) in [6, 6.07) is 24.2. The highest BCUT2D eigenvalue weighted by atomic mass is 15.0. The summed E-state index contributed by atoms with van der Waals surface area (Å²) in [6.45, 7) is 0. The Hall–Kier alpha value is -4.57. The highest BCUT2D eigenvalue weighted by Crippen LogP contribution is 2.49. The van der Waals surface area contributed by atoms with Crippen LogP contribution >= 0.6 is 0 Å². The standard InChI is InChI=1S/C31H18N4/c1-2-5-18-17(4-1)14-23-19(18)7-8-20-21-9-10-22-29(25(21)15-24(20)23)31-34-26-11-13-32-16-28(26)35(31)27-6-3-12-33-30(22)27/h1-13,16H,14-15H2. The molecule has 0 atom stereocenters. The van der Waals surface area contributed by atoms with Gasteiger partial charge in [0.25, 0.3) is 0 Å². The quantitative estimate of drug-likeness (QED) is 0.243. The van der Waals surface area contributed by atoms with Crippen molar-refractivity contribution >= 4 is 38.5 Å². The molecule has 0 bridgehead atoms. The molecule has 0 fully saturated rings. The molecule has 2 aliphatic carbocycles. The number of imidazole rings is 1. The van der Waals surface area contributed by atoms with Crippen molar-refractivity contribution in [3.05, 3.63) is 108 Å². The third-order valence-corrected chi connectivity index (χ3v) is 8.03. The average molecular weight is 447 g/mol. The summed E-state index contributed by atoms with van der Waals surface area (Å²) in [5.41, 5.74) is 16.3. The van der Waals surface area contributed by atoms with Gasteiger partial charge in [-0.05, 0) is 75.5 Å². The van der Waals surface area contributed by atoms with Gasteiger partial charge in [-0.3, -0.25) is 14.4 Å². The molecule has 4 aromatic heterocycles. The first kappa shape index (κ1) is 17.8. The summed E-state index contributed by atoms with van der Waals surface area (Å²) in [5, 5.41) is 2.38. The minimum absolute atomic E-state index is 0.925. The van der Waals surface area contributed by atoms with E-state index in [4.69, 9.17) is 9.97 Å². The predicted molar refractivity (Wildman–Crippen MR) is 140 cm³/mol. The second-order valence-corrected chi connectivity index (χ2v) is 9.65. The fourth-order valence-electron chi connectivity index (χ4n) is 6.56. The van der Waals surface area contributed by atoms with Crippen molar-refractivity contribution in [2.45, 2.75) is 12.8 Å². The van der Waals surface area contributed by atoms with E-state index in [-0.39, 0.29) is 0 Å². The monoisotopic (exact) mass is 446 g/mol. The normalized spacial score (nSPS) is 13.5. The zero-order chi connectivity index (χ0) is 22.7. The lowest BCUT2D eigenvalue weighted by Gasteiger charge is -2.11. The molecule has 0 aliphatic heterocycles. The SMILES string of the molecule is c1ccc2c(c1)Cc1c-2ccc2c1Cc1c-2ccc2c3ncccc3n3c4cnccc4nc3c12. The lowest BCUT2D eigenvalue weighted by Crippen LogP contribution is -1.96. The molecule has 0 saturated carbocycles. The van der Waals surface area contributed by atoms with E-state index < -0.39 is 0 Å². The van der Waals surface area contributed by atoms with Gasteiger partial charge in [0, 0.05) is 23.2 Å². The fourth-order valence-corrected chi connectivity index (χ4v) is 6.56. The van der Waals surface area contributed by atoms with Crippen LogP contribution in [-0.4, -0.2) is 19.4 Å². The Morgan fingerprint density at radius 2 is 1.49 bits per heavy atom. The van der Waals surface area contributed by atoms with Crippen LogP contribution in [0.1, 0.15) is 22.3 Å². The molecular formula is C31H18N4. The Bertz CT molecular complexity index is 2070. The van der Waals surface area contributed by atoms with Gasteiger partial charge in [0.05, 0.1) is 28.3 Å². The van der Waals surface area contributed by atoms with E-state index in [1.807, 2.05) is 30.7 Å². The Labute approximate surface area is 200 Å². The van der Waals surface area contributed by atoms with E-state index in [9.17, 15) is 0 Å². The van der Waals surface area contributed by atoms with Crippen molar-refractivity contribution in [1.29, 1.82) is 0 Å². The second kappa shape index (κ2) is 6.10. The number of hydrogen-bond donors (Lipinski definition) is 0. The third-order valence-electron chi connectivity index (χ3n) is 8.03. The van der Waals surface area contributed by atoms with E-state index in [1.165, 1.54) is 55.3 Å². The summed E-state index contributed by atoms with van der Waals surface area (Å²) in [5.74, 6) is 0. The Morgan fingerprint density at radius 1 is 0.657 bits per heavy atom. The molecule has 0 N–H and O–H groups in total. The Morgan fingerprint density at radius 3 is 2.46 bits per heavy atom. The van der Waals surface area contributed by atoms with Crippen molar-refractivity contribution < 1.29 is 0 Å². The molecule has 4 heterocycles. The van der Waals surface area contributed by atoms with E-state index in [2.05, 4.69) is 64.0 Å². The van der Waals surface area contributed by atoms with Gasteiger partial charge < -0.3 is 0 Å². The average Bonchev–Trinajstić information content (AvgIpc) is 3.59.